The SMILES string of the molecule is O=C1CCC(c2coc3cc4ccc(OCCN5CCNCC5)cc4cc23)C(=O)N1. The van der Waals surface area contributed by atoms with Crippen molar-refractivity contribution in [2.45, 2.75) is 18.8 Å². The summed E-state index contributed by atoms with van der Waals surface area (Å²) in [6.45, 7) is 5.75. The highest BCUT2D eigenvalue weighted by Crippen LogP contribution is 2.35. The maximum atomic E-state index is 12.3. The Bertz CT molecular complexity index is 1100. The molecule has 0 radical (unpaired) electrons. The second-order valence-corrected chi connectivity index (χ2v) is 7.99. The molecule has 1 atom stereocenters. The predicted octanol–water partition coefficient (Wildman–Crippen LogP) is 2.39. The summed E-state index contributed by atoms with van der Waals surface area (Å²) in [5.41, 5.74) is 1.58. The number of ether oxygens (including phenoxy) is 1. The van der Waals surface area contributed by atoms with E-state index in [1.165, 1.54) is 0 Å². The molecule has 2 amide bonds. The van der Waals surface area contributed by atoms with Crippen molar-refractivity contribution in [2.24, 2.45) is 0 Å². The monoisotopic (exact) mass is 407 g/mol. The van der Waals surface area contributed by atoms with Crippen molar-refractivity contribution in [3.05, 3.63) is 42.2 Å². The predicted molar refractivity (Wildman–Crippen MR) is 114 cm³/mol. The average Bonchev–Trinajstić information content (AvgIpc) is 3.15. The summed E-state index contributed by atoms with van der Waals surface area (Å²) >= 11 is 0. The summed E-state index contributed by atoms with van der Waals surface area (Å²) in [7, 11) is 0. The molecule has 2 N–H and O–H groups in total. The van der Waals surface area contributed by atoms with Crippen molar-refractivity contribution < 1.29 is 18.7 Å². The molecule has 7 heteroatoms. The van der Waals surface area contributed by atoms with Crippen molar-refractivity contribution in [1.82, 2.24) is 15.5 Å². The number of benzene rings is 2. The second kappa shape index (κ2) is 8.08. The number of furan rings is 1. The first-order valence-corrected chi connectivity index (χ1v) is 10.5. The highest BCUT2D eigenvalue weighted by atomic mass is 16.5. The van der Waals surface area contributed by atoms with Gasteiger partial charge in [0.05, 0.1) is 12.2 Å². The zero-order chi connectivity index (χ0) is 20.5. The van der Waals surface area contributed by atoms with Crippen LogP contribution in [0.4, 0.5) is 0 Å². The molecular formula is C23H25N3O4. The molecule has 2 aliphatic heterocycles. The van der Waals surface area contributed by atoms with Gasteiger partial charge in [0.1, 0.15) is 17.9 Å². The van der Waals surface area contributed by atoms with Crippen LogP contribution in [0.1, 0.15) is 24.3 Å². The van der Waals surface area contributed by atoms with Crippen molar-refractivity contribution in [3.63, 3.8) is 0 Å². The fourth-order valence-electron chi connectivity index (χ4n) is 4.35. The van der Waals surface area contributed by atoms with Crippen LogP contribution in [0.5, 0.6) is 5.75 Å². The lowest BCUT2D eigenvalue weighted by Crippen LogP contribution is -2.44. The lowest BCUT2D eigenvalue weighted by Gasteiger charge is -2.26. The van der Waals surface area contributed by atoms with Crippen LogP contribution in [0.2, 0.25) is 0 Å². The lowest BCUT2D eigenvalue weighted by molar-refractivity contribution is -0.134. The maximum Gasteiger partial charge on any atom is 0.234 e. The Morgan fingerprint density at radius 2 is 1.97 bits per heavy atom. The number of amides is 2. The highest BCUT2D eigenvalue weighted by molar-refractivity contribution is 6.04. The Labute approximate surface area is 174 Å². The minimum atomic E-state index is -0.361. The smallest absolute Gasteiger partial charge is 0.234 e. The number of nitrogens with one attached hydrogen (secondary N) is 2. The molecule has 0 saturated carbocycles. The highest BCUT2D eigenvalue weighted by Gasteiger charge is 2.30. The van der Waals surface area contributed by atoms with Gasteiger partial charge in [-0.05, 0) is 41.5 Å². The summed E-state index contributed by atoms with van der Waals surface area (Å²) in [4.78, 5) is 26.2. The van der Waals surface area contributed by atoms with Crippen LogP contribution in [0, 0.1) is 0 Å². The van der Waals surface area contributed by atoms with E-state index in [0.717, 1.165) is 65.8 Å². The summed E-state index contributed by atoms with van der Waals surface area (Å²) < 4.78 is 11.7. The number of hydrogen-bond acceptors (Lipinski definition) is 6. The largest absolute Gasteiger partial charge is 0.492 e. The summed E-state index contributed by atoms with van der Waals surface area (Å²) in [6.07, 6.45) is 2.50. The molecule has 3 aromatic rings. The van der Waals surface area contributed by atoms with Gasteiger partial charge in [-0.25, -0.2) is 0 Å². The van der Waals surface area contributed by atoms with Gasteiger partial charge >= 0.3 is 0 Å². The molecule has 30 heavy (non-hydrogen) atoms. The van der Waals surface area contributed by atoms with E-state index in [1.807, 2.05) is 24.3 Å². The molecule has 156 valence electrons. The zero-order valence-electron chi connectivity index (χ0n) is 16.8. The van der Waals surface area contributed by atoms with Crippen molar-refractivity contribution in [2.75, 3.05) is 39.3 Å². The first kappa shape index (κ1) is 19.1. The molecule has 3 heterocycles. The summed E-state index contributed by atoms with van der Waals surface area (Å²) in [5.74, 6) is 0.0130. The van der Waals surface area contributed by atoms with Gasteiger partial charge in [-0.2, -0.15) is 0 Å². The van der Waals surface area contributed by atoms with E-state index in [-0.39, 0.29) is 17.7 Å². The van der Waals surface area contributed by atoms with Gasteiger partial charge in [-0.1, -0.05) is 6.07 Å². The van der Waals surface area contributed by atoms with Crippen molar-refractivity contribution in [1.29, 1.82) is 0 Å². The Morgan fingerprint density at radius 3 is 2.80 bits per heavy atom. The number of nitrogens with zero attached hydrogens (tertiary/aromatic N) is 1. The van der Waals surface area contributed by atoms with Crippen LogP contribution in [0.25, 0.3) is 21.7 Å². The van der Waals surface area contributed by atoms with Gasteiger partial charge in [-0.15, -0.1) is 0 Å². The number of fused-ring (bicyclic) bond motifs is 2. The van der Waals surface area contributed by atoms with E-state index in [4.69, 9.17) is 9.15 Å². The average molecular weight is 407 g/mol. The topological polar surface area (TPSA) is 83.8 Å². The van der Waals surface area contributed by atoms with E-state index in [1.54, 1.807) is 6.26 Å². The number of carbonyl (C=O) groups is 2. The van der Waals surface area contributed by atoms with Gasteiger partial charge in [0, 0.05) is 50.1 Å². The fraction of sp³-hybridized carbons (Fsp3) is 0.391. The van der Waals surface area contributed by atoms with Gasteiger partial charge in [0.2, 0.25) is 11.8 Å². The minimum Gasteiger partial charge on any atom is -0.492 e. The number of carbonyl (C=O) groups excluding carboxylic acids is 2. The third-order valence-corrected chi connectivity index (χ3v) is 6.03. The minimum absolute atomic E-state index is 0.211. The molecule has 1 aromatic heterocycles. The molecule has 2 fully saturated rings. The second-order valence-electron chi connectivity index (χ2n) is 7.99. The normalized spacial score (nSPS) is 20.6. The number of hydrogen-bond donors (Lipinski definition) is 2. The molecule has 2 aliphatic rings. The Hall–Kier alpha value is -2.90. The first-order valence-electron chi connectivity index (χ1n) is 10.5. The third kappa shape index (κ3) is 3.78. The van der Waals surface area contributed by atoms with Crippen LogP contribution in [0.15, 0.2) is 41.0 Å². The van der Waals surface area contributed by atoms with E-state index < -0.39 is 0 Å². The molecule has 2 aromatic carbocycles. The molecule has 1 unspecified atom stereocenters. The summed E-state index contributed by atoms with van der Waals surface area (Å²) in [6, 6.07) is 10.1. The quantitative estimate of drug-likeness (QED) is 0.632. The van der Waals surface area contributed by atoms with Crippen LogP contribution < -0.4 is 15.4 Å². The number of imide groups is 1. The molecule has 5 rings (SSSR count). The number of piperidine rings is 1. The Morgan fingerprint density at radius 1 is 1.10 bits per heavy atom. The molecular weight excluding hydrogens is 382 g/mol. The molecule has 7 nitrogen and oxygen atoms in total. The van der Waals surface area contributed by atoms with Crippen LogP contribution in [-0.2, 0) is 9.59 Å². The standard InChI is InChI=1S/C23H25N3O4/c27-22-4-3-18(23(28)25-22)20-14-30-21-13-15-1-2-17(11-16(15)12-19(20)21)29-10-9-26-7-5-24-6-8-26/h1-2,11-14,18,24H,3-10H2,(H,25,27,28). The maximum absolute atomic E-state index is 12.3. The lowest BCUT2D eigenvalue weighted by atomic mass is 9.90. The number of piperazine rings is 1. The number of rotatable bonds is 5. The van der Waals surface area contributed by atoms with Crippen LogP contribution in [-0.4, -0.2) is 56.0 Å². The first-order chi connectivity index (χ1) is 14.7. The van der Waals surface area contributed by atoms with Gasteiger partial charge in [-0.3, -0.25) is 19.8 Å². The fourth-order valence-corrected chi connectivity index (χ4v) is 4.35. The molecule has 2 saturated heterocycles. The van der Waals surface area contributed by atoms with Crippen LogP contribution in [0.3, 0.4) is 0 Å². The Kier molecular flexibility index (Phi) is 5.14. The van der Waals surface area contributed by atoms with Gasteiger partial charge in [0.15, 0.2) is 0 Å². The van der Waals surface area contributed by atoms with Gasteiger partial charge < -0.3 is 14.5 Å². The van der Waals surface area contributed by atoms with E-state index in [0.29, 0.717) is 19.4 Å². The van der Waals surface area contributed by atoms with E-state index >= 15 is 0 Å². The van der Waals surface area contributed by atoms with E-state index in [9.17, 15) is 9.59 Å². The van der Waals surface area contributed by atoms with Crippen molar-refractivity contribution in [3.8, 4) is 5.75 Å². The van der Waals surface area contributed by atoms with E-state index in [2.05, 4.69) is 21.6 Å². The Balaban J connectivity index is 1.37. The third-order valence-electron chi connectivity index (χ3n) is 6.03. The zero-order valence-corrected chi connectivity index (χ0v) is 16.8. The molecule has 0 aliphatic carbocycles. The van der Waals surface area contributed by atoms with Crippen molar-refractivity contribution >= 4 is 33.6 Å². The summed E-state index contributed by atoms with van der Waals surface area (Å²) in [5, 5.41) is 8.80. The molecule has 0 bridgehead atoms. The molecule has 0 spiro atoms. The van der Waals surface area contributed by atoms with Gasteiger partial charge in [0.25, 0.3) is 0 Å². The van der Waals surface area contributed by atoms with Crippen LogP contribution >= 0.6 is 0 Å².